The van der Waals surface area contributed by atoms with Gasteiger partial charge in [0.05, 0.1) is 5.56 Å². The van der Waals surface area contributed by atoms with E-state index in [9.17, 15) is 0 Å². The topological polar surface area (TPSA) is 59.4 Å². The normalized spacial score (nSPS) is 16.5. The van der Waals surface area contributed by atoms with Crippen LogP contribution in [0.1, 0.15) is 31.7 Å². The van der Waals surface area contributed by atoms with Crippen molar-refractivity contribution in [3.05, 3.63) is 23.5 Å². The quantitative estimate of drug-likeness (QED) is 0.828. The van der Waals surface area contributed by atoms with E-state index in [4.69, 9.17) is 12.2 Å². The van der Waals surface area contributed by atoms with Crippen LogP contribution in [0.15, 0.2) is 18.7 Å². The smallest absolute Gasteiger partial charge is 0.195 e. The number of aromatic nitrogens is 5. The first-order chi connectivity index (χ1) is 8.36. The molecule has 17 heavy (non-hydrogen) atoms. The van der Waals surface area contributed by atoms with Crippen molar-refractivity contribution in [3.63, 3.8) is 0 Å². The molecule has 0 unspecified atom stereocenters. The van der Waals surface area contributed by atoms with Crippen LogP contribution < -0.4 is 0 Å². The van der Waals surface area contributed by atoms with Crippen LogP contribution in [0.5, 0.6) is 0 Å². The minimum absolute atomic E-state index is 0.469. The zero-order chi connectivity index (χ0) is 11.7. The average Bonchev–Trinajstić information content (AvgIpc) is 2.99. The fourth-order valence-corrected chi connectivity index (χ4v) is 2.71. The second kappa shape index (κ2) is 4.37. The molecule has 0 aromatic carbocycles. The van der Waals surface area contributed by atoms with Gasteiger partial charge in [0.15, 0.2) is 10.6 Å². The van der Waals surface area contributed by atoms with Crippen molar-refractivity contribution in [2.45, 2.75) is 31.7 Å². The Hall–Kier alpha value is -1.56. The summed E-state index contributed by atoms with van der Waals surface area (Å²) in [7, 11) is 0. The molecule has 1 aliphatic rings. The summed E-state index contributed by atoms with van der Waals surface area (Å²) >= 11 is 5.31. The third-order valence-corrected chi connectivity index (χ3v) is 3.50. The van der Waals surface area contributed by atoms with Gasteiger partial charge in [-0.1, -0.05) is 12.8 Å². The molecule has 2 heterocycles. The number of hydrogen-bond acceptors (Lipinski definition) is 4. The third-order valence-electron chi connectivity index (χ3n) is 3.21. The van der Waals surface area contributed by atoms with Crippen molar-refractivity contribution in [2.24, 2.45) is 0 Å². The van der Waals surface area contributed by atoms with Crippen LogP contribution in [0.4, 0.5) is 0 Å². The molecular formula is C11H13N5S. The molecule has 88 valence electrons. The Balaban J connectivity index is 2.09. The Morgan fingerprint density at radius 2 is 1.94 bits per heavy atom. The molecule has 6 heteroatoms. The molecule has 1 aliphatic carbocycles. The molecule has 1 fully saturated rings. The lowest BCUT2D eigenvalue weighted by molar-refractivity contribution is 0.516. The van der Waals surface area contributed by atoms with Crippen LogP contribution in [0.3, 0.4) is 0 Å². The van der Waals surface area contributed by atoms with Crippen LogP contribution in [0, 0.1) is 4.77 Å². The van der Waals surface area contributed by atoms with Gasteiger partial charge in [0, 0.05) is 18.4 Å². The minimum atomic E-state index is 0.469. The summed E-state index contributed by atoms with van der Waals surface area (Å²) in [5, 5.41) is 7.17. The molecule has 2 aromatic heterocycles. The van der Waals surface area contributed by atoms with Gasteiger partial charge >= 0.3 is 0 Å². The molecule has 3 rings (SSSR count). The Morgan fingerprint density at radius 3 is 2.65 bits per heavy atom. The molecule has 0 saturated heterocycles. The molecule has 0 atom stereocenters. The maximum Gasteiger partial charge on any atom is 0.195 e. The van der Waals surface area contributed by atoms with E-state index in [2.05, 4.69) is 24.7 Å². The van der Waals surface area contributed by atoms with Gasteiger partial charge in [-0.05, 0) is 25.1 Å². The maximum atomic E-state index is 5.31. The zero-order valence-corrected chi connectivity index (χ0v) is 10.2. The van der Waals surface area contributed by atoms with Crippen molar-refractivity contribution in [1.29, 1.82) is 0 Å². The summed E-state index contributed by atoms with van der Waals surface area (Å²) in [4.78, 5) is 8.05. The predicted octanol–water partition coefficient (Wildman–Crippen LogP) is 2.51. The summed E-state index contributed by atoms with van der Waals surface area (Å²) in [6, 6.07) is 0.469. The highest BCUT2D eigenvalue weighted by molar-refractivity contribution is 7.71. The lowest BCUT2D eigenvalue weighted by Gasteiger charge is -2.13. The van der Waals surface area contributed by atoms with E-state index in [1.807, 2.05) is 0 Å². The number of hydrogen-bond donors (Lipinski definition) is 1. The van der Waals surface area contributed by atoms with Gasteiger partial charge in [0.2, 0.25) is 0 Å². The Kier molecular flexibility index (Phi) is 2.72. The lowest BCUT2D eigenvalue weighted by Crippen LogP contribution is -2.07. The van der Waals surface area contributed by atoms with E-state index in [0.29, 0.717) is 10.8 Å². The molecule has 1 saturated carbocycles. The second-order valence-corrected chi connectivity index (χ2v) is 4.67. The molecule has 0 aliphatic heterocycles. The van der Waals surface area contributed by atoms with Gasteiger partial charge in [-0.3, -0.25) is 9.67 Å². The summed E-state index contributed by atoms with van der Waals surface area (Å²) in [6.07, 6.45) is 9.94. The van der Waals surface area contributed by atoms with E-state index in [0.717, 1.165) is 11.4 Å². The van der Waals surface area contributed by atoms with Crippen LogP contribution in [-0.4, -0.2) is 24.7 Å². The Bertz CT molecular complexity index is 553. The van der Waals surface area contributed by atoms with E-state index in [1.165, 1.54) is 32.0 Å². The molecule has 5 nitrogen and oxygen atoms in total. The number of H-pyrrole nitrogens is 1. The third kappa shape index (κ3) is 1.88. The van der Waals surface area contributed by atoms with Gasteiger partial charge in [0.25, 0.3) is 0 Å². The van der Waals surface area contributed by atoms with E-state index in [-0.39, 0.29) is 0 Å². The minimum Gasteiger partial charge on any atom is -0.297 e. The van der Waals surface area contributed by atoms with Crippen molar-refractivity contribution < 1.29 is 0 Å². The van der Waals surface area contributed by atoms with Crippen molar-refractivity contribution >= 4 is 12.2 Å². The fraction of sp³-hybridized carbons (Fsp3) is 0.455. The zero-order valence-electron chi connectivity index (χ0n) is 9.33. The summed E-state index contributed by atoms with van der Waals surface area (Å²) in [5.41, 5.74) is 0.909. The summed E-state index contributed by atoms with van der Waals surface area (Å²) < 4.78 is 2.80. The van der Waals surface area contributed by atoms with Gasteiger partial charge in [0.1, 0.15) is 6.33 Å². The number of aromatic amines is 1. The molecule has 2 aromatic rings. The second-order valence-electron chi connectivity index (χ2n) is 4.29. The van der Waals surface area contributed by atoms with E-state index < -0.39 is 0 Å². The molecule has 0 radical (unpaired) electrons. The largest absolute Gasteiger partial charge is 0.297 e. The molecular weight excluding hydrogens is 234 g/mol. The fourth-order valence-electron chi connectivity index (χ4n) is 2.42. The van der Waals surface area contributed by atoms with E-state index in [1.54, 1.807) is 12.4 Å². The highest BCUT2D eigenvalue weighted by Crippen LogP contribution is 2.32. The van der Waals surface area contributed by atoms with Crippen molar-refractivity contribution in [3.8, 4) is 11.4 Å². The predicted molar refractivity (Wildman–Crippen MR) is 65.9 cm³/mol. The molecule has 0 bridgehead atoms. The molecule has 1 N–H and O–H groups in total. The maximum absolute atomic E-state index is 5.31. The van der Waals surface area contributed by atoms with Gasteiger partial charge in [-0.2, -0.15) is 5.10 Å². The number of nitrogens with zero attached hydrogens (tertiary/aromatic N) is 4. The van der Waals surface area contributed by atoms with Crippen LogP contribution >= 0.6 is 12.2 Å². The standard InChI is InChI=1S/C11H13N5S/c17-11-15-14-10(8-5-12-7-13-6-8)16(11)9-3-1-2-4-9/h5-7,9H,1-4H2,(H,15,17). The number of nitrogens with one attached hydrogen (secondary N) is 1. The SMILES string of the molecule is S=c1[nH]nc(-c2cncnc2)n1C1CCCC1. The van der Waals surface area contributed by atoms with Crippen LogP contribution in [0.2, 0.25) is 0 Å². The first-order valence-electron chi connectivity index (χ1n) is 5.78. The van der Waals surface area contributed by atoms with Gasteiger partial charge in [-0.15, -0.1) is 0 Å². The first-order valence-corrected chi connectivity index (χ1v) is 6.19. The lowest BCUT2D eigenvalue weighted by atomic mass is 10.2. The van der Waals surface area contributed by atoms with E-state index >= 15 is 0 Å². The highest BCUT2D eigenvalue weighted by atomic mass is 32.1. The van der Waals surface area contributed by atoms with Gasteiger partial charge < -0.3 is 0 Å². The highest BCUT2D eigenvalue weighted by Gasteiger charge is 2.21. The van der Waals surface area contributed by atoms with Crippen LogP contribution in [-0.2, 0) is 0 Å². The Morgan fingerprint density at radius 1 is 1.24 bits per heavy atom. The van der Waals surface area contributed by atoms with Crippen LogP contribution in [0.25, 0.3) is 11.4 Å². The monoisotopic (exact) mass is 247 g/mol. The summed E-state index contributed by atoms with van der Waals surface area (Å²) in [6.45, 7) is 0. The van der Waals surface area contributed by atoms with Gasteiger partial charge in [-0.25, -0.2) is 9.97 Å². The molecule has 0 spiro atoms. The average molecular weight is 247 g/mol. The first kappa shape index (κ1) is 10.6. The Labute approximate surface area is 104 Å². The van der Waals surface area contributed by atoms with Crippen molar-refractivity contribution in [2.75, 3.05) is 0 Å². The summed E-state index contributed by atoms with van der Waals surface area (Å²) in [5.74, 6) is 0.850. The number of rotatable bonds is 2. The van der Waals surface area contributed by atoms with Crippen molar-refractivity contribution in [1.82, 2.24) is 24.7 Å². The molecule has 0 amide bonds.